The maximum absolute atomic E-state index is 11.6. The van der Waals surface area contributed by atoms with Gasteiger partial charge in [0.2, 0.25) is 0 Å². The summed E-state index contributed by atoms with van der Waals surface area (Å²) in [5, 5.41) is 15.5. The summed E-state index contributed by atoms with van der Waals surface area (Å²) in [5.41, 5.74) is 2.54. The Hall–Kier alpha value is -3.15. The van der Waals surface area contributed by atoms with Gasteiger partial charge in [-0.25, -0.2) is 0 Å². The molecule has 1 aliphatic heterocycles. The number of aromatic nitrogens is 1. The van der Waals surface area contributed by atoms with Gasteiger partial charge < -0.3 is 10.2 Å². The van der Waals surface area contributed by atoms with Crippen LogP contribution in [-0.2, 0) is 0 Å². The number of nitrogens with one attached hydrogen (secondary N) is 1. The fourth-order valence-corrected chi connectivity index (χ4v) is 3.60. The van der Waals surface area contributed by atoms with Crippen molar-refractivity contribution in [2.75, 3.05) is 29.9 Å². The SMILES string of the molecule is O=[N+]([O-])c1c(NC[C@H]2CCN(c3ccccc3)C2)ccc2ncccc12. The molecule has 0 aliphatic carbocycles. The van der Waals surface area contributed by atoms with Gasteiger partial charge >= 0.3 is 5.69 Å². The standard InChI is InChI=1S/C20H20N4O2/c25-24(26)20-17-7-4-11-21-18(17)8-9-19(20)22-13-15-10-12-23(14-15)16-5-2-1-3-6-16/h1-9,11,15,22H,10,12-14H2/t15-/m1/s1. The monoisotopic (exact) mass is 348 g/mol. The minimum atomic E-state index is -0.322. The van der Waals surface area contributed by atoms with Gasteiger partial charge in [0.1, 0.15) is 5.69 Å². The zero-order chi connectivity index (χ0) is 17.9. The number of benzene rings is 2. The van der Waals surface area contributed by atoms with Crippen LogP contribution in [0.15, 0.2) is 60.8 Å². The van der Waals surface area contributed by atoms with E-state index in [1.807, 2.05) is 24.3 Å². The first-order valence-corrected chi connectivity index (χ1v) is 8.78. The van der Waals surface area contributed by atoms with Gasteiger partial charge in [-0.2, -0.15) is 0 Å². The zero-order valence-electron chi connectivity index (χ0n) is 14.3. The maximum Gasteiger partial charge on any atom is 0.301 e. The third-order valence-electron chi connectivity index (χ3n) is 4.93. The molecule has 3 aromatic rings. The Morgan fingerprint density at radius 3 is 2.81 bits per heavy atom. The highest BCUT2D eigenvalue weighted by atomic mass is 16.6. The van der Waals surface area contributed by atoms with Crippen molar-refractivity contribution in [2.45, 2.75) is 6.42 Å². The number of nitro benzene ring substituents is 1. The summed E-state index contributed by atoms with van der Waals surface area (Å²) in [4.78, 5) is 17.9. The van der Waals surface area contributed by atoms with E-state index < -0.39 is 0 Å². The third-order valence-corrected chi connectivity index (χ3v) is 4.93. The molecule has 0 spiro atoms. The zero-order valence-corrected chi connectivity index (χ0v) is 14.3. The van der Waals surface area contributed by atoms with E-state index in [-0.39, 0.29) is 10.6 Å². The van der Waals surface area contributed by atoms with Crippen LogP contribution in [0.2, 0.25) is 0 Å². The largest absolute Gasteiger partial charge is 0.379 e. The van der Waals surface area contributed by atoms with Gasteiger partial charge in [0.15, 0.2) is 0 Å². The molecule has 2 heterocycles. The molecule has 0 amide bonds. The lowest BCUT2D eigenvalue weighted by Crippen LogP contribution is -2.22. The molecule has 0 bridgehead atoms. The Labute approximate surface area is 151 Å². The lowest BCUT2D eigenvalue weighted by molar-refractivity contribution is -0.382. The number of nitro groups is 1. The first-order valence-electron chi connectivity index (χ1n) is 8.78. The molecule has 1 fully saturated rings. The fraction of sp³-hybridized carbons (Fsp3) is 0.250. The average molecular weight is 348 g/mol. The van der Waals surface area contributed by atoms with Crippen LogP contribution in [0.25, 0.3) is 10.9 Å². The van der Waals surface area contributed by atoms with Crippen molar-refractivity contribution in [3.63, 3.8) is 0 Å². The first-order chi connectivity index (χ1) is 12.7. The van der Waals surface area contributed by atoms with Crippen molar-refractivity contribution < 1.29 is 4.92 Å². The number of hydrogen-bond donors (Lipinski definition) is 1. The van der Waals surface area contributed by atoms with E-state index in [2.05, 4.69) is 27.3 Å². The molecule has 1 atom stereocenters. The van der Waals surface area contributed by atoms with Gasteiger partial charge in [0, 0.05) is 31.5 Å². The molecule has 4 rings (SSSR count). The molecule has 1 N–H and O–H groups in total. The number of pyridine rings is 1. The van der Waals surface area contributed by atoms with E-state index in [1.54, 1.807) is 24.4 Å². The van der Waals surface area contributed by atoms with Crippen LogP contribution in [0.3, 0.4) is 0 Å². The van der Waals surface area contributed by atoms with Crippen LogP contribution in [0.5, 0.6) is 0 Å². The molecule has 1 saturated heterocycles. The molecule has 6 nitrogen and oxygen atoms in total. The van der Waals surface area contributed by atoms with Gasteiger partial charge in [-0.15, -0.1) is 0 Å². The van der Waals surface area contributed by atoms with Crippen LogP contribution in [0, 0.1) is 16.0 Å². The summed E-state index contributed by atoms with van der Waals surface area (Å²) in [6.45, 7) is 2.69. The van der Waals surface area contributed by atoms with E-state index in [4.69, 9.17) is 0 Å². The van der Waals surface area contributed by atoms with Crippen LogP contribution in [-0.4, -0.2) is 29.5 Å². The highest BCUT2D eigenvalue weighted by molar-refractivity contribution is 5.94. The average Bonchev–Trinajstić information content (AvgIpc) is 3.15. The summed E-state index contributed by atoms with van der Waals surface area (Å²) in [7, 11) is 0. The second-order valence-corrected chi connectivity index (χ2v) is 6.61. The summed E-state index contributed by atoms with van der Waals surface area (Å²) in [5.74, 6) is 0.458. The third kappa shape index (κ3) is 3.18. The molecule has 0 saturated carbocycles. The minimum absolute atomic E-state index is 0.105. The van der Waals surface area contributed by atoms with E-state index in [0.29, 0.717) is 22.5 Å². The lowest BCUT2D eigenvalue weighted by Gasteiger charge is -2.19. The number of fused-ring (bicyclic) bond motifs is 1. The maximum atomic E-state index is 11.6. The number of anilines is 2. The molecule has 6 heteroatoms. The molecule has 0 unspecified atom stereocenters. The fourth-order valence-electron chi connectivity index (χ4n) is 3.60. The van der Waals surface area contributed by atoms with E-state index in [9.17, 15) is 10.1 Å². The minimum Gasteiger partial charge on any atom is -0.379 e. The van der Waals surface area contributed by atoms with Crippen molar-refractivity contribution >= 4 is 28.0 Å². The van der Waals surface area contributed by atoms with Gasteiger partial charge in [-0.05, 0) is 48.7 Å². The summed E-state index contributed by atoms with van der Waals surface area (Å²) in [6.07, 6.45) is 2.72. The Kier molecular flexibility index (Phi) is 4.39. The second-order valence-electron chi connectivity index (χ2n) is 6.61. The predicted molar refractivity (Wildman–Crippen MR) is 104 cm³/mol. The molecule has 0 radical (unpaired) electrons. The number of rotatable bonds is 5. The van der Waals surface area contributed by atoms with Crippen molar-refractivity contribution in [1.29, 1.82) is 0 Å². The van der Waals surface area contributed by atoms with E-state index in [1.165, 1.54) is 5.69 Å². The van der Waals surface area contributed by atoms with Crippen LogP contribution >= 0.6 is 0 Å². The smallest absolute Gasteiger partial charge is 0.301 e. The molecule has 1 aliphatic rings. The van der Waals surface area contributed by atoms with Gasteiger partial charge in [-0.1, -0.05) is 18.2 Å². The molecule has 2 aromatic carbocycles. The summed E-state index contributed by atoms with van der Waals surface area (Å²) in [6, 6.07) is 17.4. The van der Waals surface area contributed by atoms with Crippen molar-refractivity contribution in [3.8, 4) is 0 Å². The first kappa shape index (κ1) is 16.3. The van der Waals surface area contributed by atoms with E-state index in [0.717, 1.165) is 26.1 Å². The number of nitrogens with zero attached hydrogens (tertiary/aromatic N) is 3. The molecule has 26 heavy (non-hydrogen) atoms. The van der Waals surface area contributed by atoms with Crippen molar-refractivity contribution in [2.24, 2.45) is 5.92 Å². The Morgan fingerprint density at radius 2 is 2.00 bits per heavy atom. The second kappa shape index (κ2) is 7.00. The number of para-hydroxylation sites is 1. The molecule has 1 aromatic heterocycles. The van der Waals surface area contributed by atoms with Gasteiger partial charge in [-0.3, -0.25) is 15.1 Å². The van der Waals surface area contributed by atoms with Crippen molar-refractivity contribution in [3.05, 3.63) is 70.9 Å². The highest BCUT2D eigenvalue weighted by Gasteiger charge is 2.24. The lowest BCUT2D eigenvalue weighted by atomic mass is 10.1. The molecular weight excluding hydrogens is 328 g/mol. The quantitative estimate of drug-likeness (QED) is 0.556. The van der Waals surface area contributed by atoms with E-state index >= 15 is 0 Å². The Morgan fingerprint density at radius 1 is 1.15 bits per heavy atom. The number of hydrogen-bond acceptors (Lipinski definition) is 5. The molecule has 132 valence electrons. The van der Waals surface area contributed by atoms with Gasteiger partial charge in [0.25, 0.3) is 0 Å². The molecular formula is C20H20N4O2. The summed E-state index contributed by atoms with van der Waals surface area (Å²) < 4.78 is 0. The van der Waals surface area contributed by atoms with Crippen LogP contribution in [0.4, 0.5) is 17.1 Å². The van der Waals surface area contributed by atoms with Crippen LogP contribution in [0.1, 0.15) is 6.42 Å². The predicted octanol–water partition coefficient (Wildman–Crippen LogP) is 4.08. The highest BCUT2D eigenvalue weighted by Crippen LogP contribution is 2.33. The summed E-state index contributed by atoms with van der Waals surface area (Å²) >= 11 is 0. The van der Waals surface area contributed by atoms with Gasteiger partial charge in [0.05, 0.1) is 15.8 Å². The van der Waals surface area contributed by atoms with Crippen molar-refractivity contribution in [1.82, 2.24) is 4.98 Å². The normalized spacial score (nSPS) is 16.8. The Balaban J connectivity index is 1.49. The topological polar surface area (TPSA) is 71.3 Å². The Bertz CT molecular complexity index is 930. The van der Waals surface area contributed by atoms with Crippen LogP contribution < -0.4 is 10.2 Å².